The fourth-order valence-corrected chi connectivity index (χ4v) is 2.71. The van der Waals surface area contributed by atoms with Crippen molar-refractivity contribution in [3.63, 3.8) is 0 Å². The number of anilines is 1. The van der Waals surface area contributed by atoms with Crippen LogP contribution in [0.15, 0.2) is 24.5 Å². The zero-order valence-corrected chi connectivity index (χ0v) is 14.0. The molecule has 0 radical (unpaired) electrons. The van der Waals surface area contributed by atoms with Crippen LogP contribution >= 0.6 is 0 Å². The van der Waals surface area contributed by atoms with E-state index in [-0.39, 0.29) is 0 Å². The molecule has 6 heteroatoms. The Labute approximate surface area is 136 Å². The Bertz CT molecular complexity index is 690. The van der Waals surface area contributed by atoms with Gasteiger partial charge in [0.2, 0.25) is 0 Å². The summed E-state index contributed by atoms with van der Waals surface area (Å²) < 4.78 is 12.0. The van der Waals surface area contributed by atoms with Crippen LogP contribution in [0.25, 0.3) is 5.69 Å². The summed E-state index contributed by atoms with van der Waals surface area (Å²) in [5, 5.41) is 0. The third-order valence-corrected chi connectivity index (χ3v) is 4.03. The highest BCUT2D eigenvalue weighted by molar-refractivity contribution is 5.94. The number of imidazole rings is 1. The Morgan fingerprint density at radius 3 is 2.57 bits per heavy atom. The van der Waals surface area contributed by atoms with Crippen molar-refractivity contribution >= 4 is 11.7 Å². The number of benzene rings is 1. The zero-order valence-electron chi connectivity index (χ0n) is 14.0. The molecular formula is C17H23N3O3. The van der Waals surface area contributed by atoms with Gasteiger partial charge < -0.3 is 19.8 Å². The van der Waals surface area contributed by atoms with Crippen molar-refractivity contribution in [3.8, 4) is 11.4 Å². The summed E-state index contributed by atoms with van der Waals surface area (Å²) in [6.07, 6.45) is 5.61. The third kappa shape index (κ3) is 3.16. The molecule has 6 nitrogen and oxygen atoms in total. The molecule has 0 atom stereocenters. The predicted octanol–water partition coefficient (Wildman–Crippen LogP) is 3.15. The number of nitrogens with zero attached hydrogens (tertiary/aromatic N) is 2. The first-order valence-corrected chi connectivity index (χ1v) is 7.66. The number of methoxy groups -OCH3 is 2. The second-order valence-corrected chi connectivity index (χ2v) is 5.27. The smallest absolute Gasteiger partial charge is 0.341 e. The van der Waals surface area contributed by atoms with E-state index >= 15 is 0 Å². The first kappa shape index (κ1) is 16.9. The lowest BCUT2D eigenvalue weighted by molar-refractivity contribution is 0.0597. The molecule has 0 unspecified atom stereocenters. The van der Waals surface area contributed by atoms with E-state index in [1.807, 2.05) is 10.8 Å². The Morgan fingerprint density at radius 1 is 1.30 bits per heavy atom. The monoisotopic (exact) mass is 317 g/mol. The maximum absolute atomic E-state index is 11.8. The van der Waals surface area contributed by atoms with Crippen LogP contribution in [0.2, 0.25) is 0 Å². The second kappa shape index (κ2) is 7.17. The van der Waals surface area contributed by atoms with Crippen LogP contribution in [-0.2, 0) is 4.74 Å². The van der Waals surface area contributed by atoms with Gasteiger partial charge in [-0.2, -0.15) is 0 Å². The molecule has 2 rings (SSSR count). The van der Waals surface area contributed by atoms with Gasteiger partial charge in [-0.05, 0) is 18.9 Å². The number of aromatic nitrogens is 2. The number of carbonyl (C=O) groups excluding carboxylic acids is 1. The van der Waals surface area contributed by atoms with Gasteiger partial charge in [-0.3, -0.25) is 0 Å². The van der Waals surface area contributed by atoms with Crippen LogP contribution in [0.3, 0.4) is 0 Å². The second-order valence-electron chi connectivity index (χ2n) is 5.27. The van der Waals surface area contributed by atoms with E-state index in [0.717, 1.165) is 24.4 Å². The average molecular weight is 317 g/mol. The van der Waals surface area contributed by atoms with E-state index < -0.39 is 5.97 Å². The highest BCUT2D eigenvalue weighted by Gasteiger charge is 2.20. The summed E-state index contributed by atoms with van der Waals surface area (Å²) in [7, 11) is 2.84. The lowest BCUT2D eigenvalue weighted by Crippen LogP contribution is -2.11. The minimum atomic E-state index is -0.481. The van der Waals surface area contributed by atoms with E-state index in [2.05, 4.69) is 18.8 Å². The van der Waals surface area contributed by atoms with E-state index in [0.29, 0.717) is 22.9 Å². The number of hydrogen-bond donors (Lipinski definition) is 1. The van der Waals surface area contributed by atoms with Crippen LogP contribution in [0, 0.1) is 0 Å². The fourth-order valence-electron chi connectivity index (χ4n) is 2.71. The fraction of sp³-hybridized carbons (Fsp3) is 0.412. The number of hydrogen-bond acceptors (Lipinski definition) is 5. The van der Waals surface area contributed by atoms with Crippen LogP contribution in [0.1, 0.15) is 48.8 Å². The molecule has 2 aromatic rings. The summed E-state index contributed by atoms with van der Waals surface area (Å²) in [5.41, 5.74) is 7.69. The van der Waals surface area contributed by atoms with Gasteiger partial charge in [-0.15, -0.1) is 0 Å². The molecule has 23 heavy (non-hydrogen) atoms. The van der Waals surface area contributed by atoms with Crippen LogP contribution in [0.4, 0.5) is 5.69 Å². The van der Waals surface area contributed by atoms with Crippen molar-refractivity contribution in [2.24, 2.45) is 0 Å². The highest BCUT2D eigenvalue weighted by Crippen LogP contribution is 2.32. The van der Waals surface area contributed by atoms with E-state index in [9.17, 15) is 4.79 Å². The summed E-state index contributed by atoms with van der Waals surface area (Å²) >= 11 is 0. The van der Waals surface area contributed by atoms with Crippen molar-refractivity contribution in [3.05, 3.63) is 35.9 Å². The topological polar surface area (TPSA) is 79.4 Å². The van der Waals surface area contributed by atoms with Crippen LogP contribution in [-0.4, -0.2) is 29.7 Å². The molecule has 0 aliphatic rings. The molecule has 0 aliphatic carbocycles. The van der Waals surface area contributed by atoms with Crippen molar-refractivity contribution in [2.75, 3.05) is 20.0 Å². The number of esters is 1. The van der Waals surface area contributed by atoms with Gasteiger partial charge in [0.05, 0.1) is 25.6 Å². The molecule has 0 spiro atoms. The number of nitrogens with two attached hydrogens (primary N) is 1. The van der Waals surface area contributed by atoms with Gasteiger partial charge in [0.15, 0.2) is 0 Å². The molecule has 0 aliphatic heterocycles. The van der Waals surface area contributed by atoms with E-state index in [1.165, 1.54) is 14.2 Å². The quantitative estimate of drug-likeness (QED) is 0.654. The molecule has 0 saturated carbocycles. The van der Waals surface area contributed by atoms with Crippen molar-refractivity contribution in [2.45, 2.75) is 32.6 Å². The van der Waals surface area contributed by atoms with Crippen molar-refractivity contribution in [1.29, 1.82) is 0 Å². The number of rotatable bonds is 6. The molecule has 2 N–H and O–H groups in total. The summed E-state index contributed by atoms with van der Waals surface area (Å²) in [6.45, 7) is 4.27. The Kier molecular flexibility index (Phi) is 5.26. The number of ether oxygens (including phenoxy) is 2. The highest BCUT2D eigenvalue weighted by atomic mass is 16.5. The molecule has 124 valence electrons. The van der Waals surface area contributed by atoms with Crippen molar-refractivity contribution in [1.82, 2.24) is 9.55 Å². The van der Waals surface area contributed by atoms with Gasteiger partial charge >= 0.3 is 5.97 Å². The summed E-state index contributed by atoms with van der Waals surface area (Å²) in [4.78, 5) is 16.3. The Hall–Kier alpha value is -2.50. The predicted molar refractivity (Wildman–Crippen MR) is 89.2 cm³/mol. The largest absolute Gasteiger partial charge is 0.496 e. The molecule has 0 amide bonds. The standard InChI is InChI=1S/C17H23N3O3/c1-5-11(6-2)16-19-7-8-20(16)14-10-15(22-3)12(9-13(14)18)17(21)23-4/h7-11H,5-6,18H2,1-4H3. The molecule has 1 aromatic carbocycles. The molecule has 1 heterocycles. The summed E-state index contributed by atoms with van der Waals surface area (Å²) in [5.74, 6) is 1.24. The van der Waals surface area contributed by atoms with Gasteiger partial charge in [-0.1, -0.05) is 13.8 Å². The average Bonchev–Trinajstić information content (AvgIpc) is 3.04. The SMILES string of the molecule is CCC(CC)c1nccn1-c1cc(OC)c(C(=O)OC)cc1N. The third-order valence-electron chi connectivity index (χ3n) is 4.03. The minimum absolute atomic E-state index is 0.306. The lowest BCUT2D eigenvalue weighted by Gasteiger charge is -2.18. The molecule has 1 aromatic heterocycles. The van der Waals surface area contributed by atoms with Crippen molar-refractivity contribution < 1.29 is 14.3 Å². The number of carbonyl (C=O) groups is 1. The molecule has 0 saturated heterocycles. The minimum Gasteiger partial charge on any atom is -0.496 e. The molecular weight excluding hydrogens is 294 g/mol. The Balaban J connectivity index is 2.57. The van der Waals surface area contributed by atoms with E-state index in [1.54, 1.807) is 18.3 Å². The summed E-state index contributed by atoms with van der Waals surface area (Å²) in [6, 6.07) is 3.33. The van der Waals surface area contributed by atoms with Gasteiger partial charge in [-0.25, -0.2) is 9.78 Å². The van der Waals surface area contributed by atoms with Gasteiger partial charge in [0, 0.05) is 24.4 Å². The molecule has 0 fully saturated rings. The maximum Gasteiger partial charge on any atom is 0.341 e. The van der Waals surface area contributed by atoms with Crippen LogP contribution in [0.5, 0.6) is 5.75 Å². The first-order valence-electron chi connectivity index (χ1n) is 7.66. The normalized spacial score (nSPS) is 10.8. The zero-order chi connectivity index (χ0) is 17.0. The molecule has 0 bridgehead atoms. The maximum atomic E-state index is 11.8. The first-order chi connectivity index (χ1) is 11.1. The van der Waals surface area contributed by atoms with Crippen LogP contribution < -0.4 is 10.5 Å². The van der Waals surface area contributed by atoms with Gasteiger partial charge in [0.25, 0.3) is 0 Å². The van der Waals surface area contributed by atoms with E-state index in [4.69, 9.17) is 15.2 Å². The lowest BCUT2D eigenvalue weighted by atomic mass is 10.0. The number of nitrogen functional groups attached to an aromatic ring is 1. The van der Waals surface area contributed by atoms with Gasteiger partial charge in [0.1, 0.15) is 17.1 Å². The Morgan fingerprint density at radius 2 is 2.00 bits per heavy atom.